The fourth-order valence-corrected chi connectivity index (χ4v) is 5.40. The molecule has 2 amide bonds. The Labute approximate surface area is 189 Å². The first kappa shape index (κ1) is 20.9. The highest BCUT2D eigenvalue weighted by Gasteiger charge is 2.34. The van der Waals surface area contributed by atoms with Gasteiger partial charge in [-0.25, -0.2) is 9.97 Å². The molecule has 2 fully saturated rings. The van der Waals surface area contributed by atoms with E-state index >= 15 is 0 Å². The standard InChI is InChI=1S/C25H31N5O2/c26-22(31)17-11-14-29(15-12-17)25(32)19-8-5-13-30(16-19)24-20-9-4-10-21(20)27-23(28-24)18-6-2-1-3-7-18/h1-3,6-7,17,19H,4-5,8-16H2,(H2,26,31). The summed E-state index contributed by atoms with van der Waals surface area (Å²) in [6, 6.07) is 10.1. The fourth-order valence-electron chi connectivity index (χ4n) is 5.40. The van der Waals surface area contributed by atoms with Crippen molar-refractivity contribution in [2.75, 3.05) is 31.1 Å². The minimum Gasteiger partial charge on any atom is -0.369 e. The quantitative estimate of drug-likeness (QED) is 0.800. The molecule has 2 aromatic rings. The summed E-state index contributed by atoms with van der Waals surface area (Å²) in [5, 5.41) is 0. The number of carbonyl (C=O) groups excluding carboxylic acids is 2. The number of hydrogen-bond acceptors (Lipinski definition) is 5. The largest absolute Gasteiger partial charge is 0.369 e. The summed E-state index contributed by atoms with van der Waals surface area (Å²) in [6.45, 7) is 2.88. The molecule has 1 unspecified atom stereocenters. The number of piperidine rings is 2. The predicted molar refractivity (Wildman–Crippen MR) is 123 cm³/mol. The van der Waals surface area contributed by atoms with Crippen molar-refractivity contribution in [3.8, 4) is 11.4 Å². The Kier molecular flexibility index (Phi) is 5.81. The summed E-state index contributed by atoms with van der Waals surface area (Å²) in [6.07, 6.45) is 6.36. The summed E-state index contributed by atoms with van der Waals surface area (Å²) < 4.78 is 0. The van der Waals surface area contributed by atoms with Gasteiger partial charge in [0.15, 0.2) is 5.82 Å². The second-order valence-corrected chi connectivity index (χ2v) is 9.30. The Morgan fingerprint density at radius 2 is 1.69 bits per heavy atom. The molecule has 7 nitrogen and oxygen atoms in total. The van der Waals surface area contributed by atoms with Gasteiger partial charge in [0.2, 0.25) is 11.8 Å². The Balaban J connectivity index is 1.35. The molecular formula is C25H31N5O2. The summed E-state index contributed by atoms with van der Waals surface area (Å²) in [5.74, 6) is 1.65. The zero-order valence-electron chi connectivity index (χ0n) is 18.5. The molecule has 1 aliphatic carbocycles. The number of aromatic nitrogens is 2. The Hall–Kier alpha value is -2.96. The second-order valence-electron chi connectivity index (χ2n) is 9.30. The van der Waals surface area contributed by atoms with E-state index in [-0.39, 0.29) is 23.7 Å². The number of fused-ring (bicyclic) bond motifs is 1. The molecule has 1 atom stereocenters. The van der Waals surface area contributed by atoms with Crippen LogP contribution in [0.3, 0.4) is 0 Å². The molecule has 3 aliphatic rings. The first-order chi connectivity index (χ1) is 15.6. The molecule has 0 bridgehead atoms. The van der Waals surface area contributed by atoms with Crippen molar-refractivity contribution in [2.45, 2.75) is 44.9 Å². The van der Waals surface area contributed by atoms with Gasteiger partial charge in [0, 0.05) is 48.9 Å². The third kappa shape index (κ3) is 4.08. The van der Waals surface area contributed by atoms with Gasteiger partial charge < -0.3 is 15.5 Å². The molecule has 2 saturated heterocycles. The molecule has 2 aliphatic heterocycles. The summed E-state index contributed by atoms with van der Waals surface area (Å²) in [4.78, 5) is 38.9. The van der Waals surface area contributed by atoms with E-state index in [0.29, 0.717) is 32.5 Å². The average Bonchev–Trinajstić information content (AvgIpc) is 3.32. The number of aryl methyl sites for hydroxylation is 1. The molecule has 0 radical (unpaired) electrons. The Morgan fingerprint density at radius 1 is 0.906 bits per heavy atom. The summed E-state index contributed by atoms with van der Waals surface area (Å²) in [5.41, 5.74) is 8.91. The van der Waals surface area contributed by atoms with E-state index in [9.17, 15) is 9.59 Å². The van der Waals surface area contributed by atoms with E-state index in [4.69, 9.17) is 15.7 Å². The summed E-state index contributed by atoms with van der Waals surface area (Å²) >= 11 is 0. The van der Waals surface area contributed by atoms with Crippen LogP contribution in [0.2, 0.25) is 0 Å². The number of amides is 2. The van der Waals surface area contributed by atoms with Crippen LogP contribution in [-0.4, -0.2) is 52.9 Å². The monoisotopic (exact) mass is 433 g/mol. The molecule has 3 heterocycles. The molecule has 1 aromatic carbocycles. The van der Waals surface area contributed by atoms with Gasteiger partial charge in [-0.3, -0.25) is 9.59 Å². The number of hydrogen-bond donors (Lipinski definition) is 1. The zero-order chi connectivity index (χ0) is 22.1. The highest BCUT2D eigenvalue weighted by molar-refractivity contribution is 5.81. The fraction of sp³-hybridized carbons (Fsp3) is 0.520. The molecule has 0 saturated carbocycles. The van der Waals surface area contributed by atoms with Crippen LogP contribution in [0.4, 0.5) is 5.82 Å². The predicted octanol–water partition coefficient (Wildman–Crippen LogP) is 2.57. The van der Waals surface area contributed by atoms with E-state index in [2.05, 4.69) is 17.0 Å². The Morgan fingerprint density at radius 3 is 2.44 bits per heavy atom. The SMILES string of the molecule is NC(=O)C1CCN(C(=O)C2CCCN(c3nc(-c4ccccc4)nc4c3CCC4)C2)CC1. The first-order valence-corrected chi connectivity index (χ1v) is 11.9. The molecular weight excluding hydrogens is 402 g/mol. The van der Waals surface area contributed by atoms with Gasteiger partial charge in [-0.05, 0) is 44.9 Å². The number of carbonyl (C=O) groups is 2. The van der Waals surface area contributed by atoms with Crippen molar-refractivity contribution in [1.82, 2.24) is 14.9 Å². The van der Waals surface area contributed by atoms with Crippen molar-refractivity contribution in [3.63, 3.8) is 0 Å². The van der Waals surface area contributed by atoms with Crippen LogP contribution in [0.1, 0.15) is 43.4 Å². The maximum Gasteiger partial charge on any atom is 0.227 e. The molecule has 2 N–H and O–H groups in total. The lowest BCUT2D eigenvalue weighted by molar-refractivity contribution is -0.138. The van der Waals surface area contributed by atoms with Gasteiger partial charge in [-0.2, -0.15) is 0 Å². The van der Waals surface area contributed by atoms with Crippen LogP contribution >= 0.6 is 0 Å². The van der Waals surface area contributed by atoms with Crippen LogP contribution in [0.25, 0.3) is 11.4 Å². The van der Waals surface area contributed by atoms with Gasteiger partial charge >= 0.3 is 0 Å². The van der Waals surface area contributed by atoms with Crippen molar-refractivity contribution in [1.29, 1.82) is 0 Å². The van der Waals surface area contributed by atoms with Crippen molar-refractivity contribution in [3.05, 3.63) is 41.6 Å². The topological polar surface area (TPSA) is 92.4 Å². The van der Waals surface area contributed by atoms with E-state index in [1.54, 1.807) is 0 Å². The van der Waals surface area contributed by atoms with Gasteiger partial charge in [0.05, 0.1) is 5.92 Å². The van der Waals surface area contributed by atoms with Crippen LogP contribution in [-0.2, 0) is 22.4 Å². The average molecular weight is 434 g/mol. The van der Waals surface area contributed by atoms with E-state index in [1.807, 2.05) is 23.1 Å². The molecule has 0 spiro atoms. The number of nitrogens with zero attached hydrogens (tertiary/aromatic N) is 4. The highest BCUT2D eigenvalue weighted by atomic mass is 16.2. The lowest BCUT2D eigenvalue weighted by atomic mass is 9.92. The normalized spacial score (nSPS) is 21.4. The summed E-state index contributed by atoms with van der Waals surface area (Å²) in [7, 11) is 0. The van der Waals surface area contributed by atoms with E-state index in [0.717, 1.165) is 61.5 Å². The van der Waals surface area contributed by atoms with Crippen molar-refractivity contribution >= 4 is 17.6 Å². The lowest BCUT2D eigenvalue weighted by Gasteiger charge is -2.38. The maximum absolute atomic E-state index is 13.3. The first-order valence-electron chi connectivity index (χ1n) is 11.9. The van der Waals surface area contributed by atoms with Crippen molar-refractivity contribution < 1.29 is 9.59 Å². The van der Waals surface area contributed by atoms with E-state index < -0.39 is 0 Å². The maximum atomic E-state index is 13.3. The molecule has 168 valence electrons. The minimum atomic E-state index is -0.243. The number of likely N-dealkylation sites (tertiary alicyclic amines) is 1. The molecule has 5 rings (SSSR count). The number of rotatable bonds is 4. The molecule has 32 heavy (non-hydrogen) atoms. The van der Waals surface area contributed by atoms with Gasteiger partial charge in [-0.15, -0.1) is 0 Å². The number of benzene rings is 1. The zero-order valence-corrected chi connectivity index (χ0v) is 18.5. The molecule has 1 aromatic heterocycles. The van der Waals surface area contributed by atoms with Gasteiger partial charge in [0.1, 0.15) is 5.82 Å². The number of primary amides is 1. The number of anilines is 1. The third-order valence-corrected chi connectivity index (χ3v) is 7.22. The van der Waals surface area contributed by atoms with Gasteiger partial charge in [-0.1, -0.05) is 30.3 Å². The van der Waals surface area contributed by atoms with Crippen LogP contribution < -0.4 is 10.6 Å². The second kappa shape index (κ2) is 8.88. The van der Waals surface area contributed by atoms with Gasteiger partial charge in [0.25, 0.3) is 0 Å². The van der Waals surface area contributed by atoms with Crippen molar-refractivity contribution in [2.24, 2.45) is 17.6 Å². The highest BCUT2D eigenvalue weighted by Crippen LogP contribution is 2.34. The van der Waals surface area contributed by atoms with E-state index in [1.165, 1.54) is 5.56 Å². The van der Waals surface area contributed by atoms with Crippen LogP contribution in [0.15, 0.2) is 30.3 Å². The van der Waals surface area contributed by atoms with Crippen LogP contribution in [0.5, 0.6) is 0 Å². The lowest BCUT2D eigenvalue weighted by Crippen LogP contribution is -2.48. The number of nitrogens with two attached hydrogens (primary N) is 1. The third-order valence-electron chi connectivity index (χ3n) is 7.22. The smallest absolute Gasteiger partial charge is 0.227 e. The Bertz CT molecular complexity index is 1000. The minimum absolute atomic E-state index is 0.0268. The molecule has 7 heteroatoms. The van der Waals surface area contributed by atoms with Crippen LogP contribution in [0, 0.1) is 11.8 Å².